The molecule has 0 fully saturated rings. The van der Waals surface area contributed by atoms with Crippen LogP contribution in [-0.2, 0) is 32.6 Å². The highest BCUT2D eigenvalue weighted by Crippen LogP contribution is 2.31. The van der Waals surface area contributed by atoms with Gasteiger partial charge in [-0.2, -0.15) is 0 Å². The van der Waals surface area contributed by atoms with Gasteiger partial charge < -0.3 is 10.2 Å². The van der Waals surface area contributed by atoms with E-state index < -0.39 is 34.1 Å². The summed E-state index contributed by atoms with van der Waals surface area (Å²) >= 11 is 12.5. The molecule has 2 amide bonds. The van der Waals surface area contributed by atoms with Crippen LogP contribution in [-0.4, -0.2) is 49.5 Å². The van der Waals surface area contributed by atoms with Crippen LogP contribution >= 0.6 is 23.2 Å². The third-order valence-corrected chi connectivity index (χ3v) is 7.78. The summed E-state index contributed by atoms with van der Waals surface area (Å²) in [4.78, 5) is 29.3. The standard InChI is InChI=1S/C30H35Cl2N3O4S/c1-21-11-13-23(14-12-21)19-34(27(29(37)33-30(2,3)4)17-22-9-7-6-8-10-22)28(36)20-35(40(5,38)39)26-18-24(31)15-16-25(26)32/h6-16,18,27H,17,19-20H2,1-5H3,(H,33,37). The first-order valence-corrected chi connectivity index (χ1v) is 15.4. The Labute approximate surface area is 247 Å². The van der Waals surface area contributed by atoms with E-state index in [0.29, 0.717) is 0 Å². The van der Waals surface area contributed by atoms with Crippen LogP contribution in [0.15, 0.2) is 72.8 Å². The summed E-state index contributed by atoms with van der Waals surface area (Å²) in [6.07, 6.45) is 1.23. The molecule has 40 heavy (non-hydrogen) atoms. The van der Waals surface area contributed by atoms with Gasteiger partial charge in [-0.05, 0) is 57.0 Å². The quantitative estimate of drug-likeness (QED) is 0.326. The first kappa shape index (κ1) is 31.5. The van der Waals surface area contributed by atoms with Crippen LogP contribution in [0.3, 0.4) is 0 Å². The lowest BCUT2D eigenvalue weighted by atomic mass is 10.0. The fourth-order valence-corrected chi connectivity index (χ4v) is 5.46. The molecule has 0 saturated carbocycles. The molecule has 7 nitrogen and oxygen atoms in total. The zero-order valence-corrected chi connectivity index (χ0v) is 25.6. The predicted octanol–water partition coefficient (Wildman–Crippen LogP) is 5.62. The topological polar surface area (TPSA) is 86.8 Å². The molecule has 0 aliphatic heterocycles. The maximum atomic E-state index is 14.1. The number of benzene rings is 3. The average molecular weight is 605 g/mol. The number of carbonyl (C=O) groups excluding carboxylic acids is 2. The van der Waals surface area contributed by atoms with Crippen molar-refractivity contribution in [3.63, 3.8) is 0 Å². The van der Waals surface area contributed by atoms with Gasteiger partial charge in [-0.15, -0.1) is 0 Å². The van der Waals surface area contributed by atoms with E-state index >= 15 is 0 Å². The minimum atomic E-state index is -3.96. The number of nitrogens with one attached hydrogen (secondary N) is 1. The summed E-state index contributed by atoms with van der Waals surface area (Å²) in [6.45, 7) is 7.07. The number of nitrogens with zero attached hydrogens (tertiary/aromatic N) is 2. The summed E-state index contributed by atoms with van der Waals surface area (Å²) in [7, 11) is -3.96. The molecule has 1 N–H and O–H groups in total. The normalized spacial score (nSPS) is 12.5. The molecule has 0 aliphatic carbocycles. The second-order valence-electron chi connectivity index (χ2n) is 10.8. The Bertz CT molecular complexity index is 1440. The van der Waals surface area contributed by atoms with Crippen molar-refractivity contribution in [2.75, 3.05) is 17.1 Å². The summed E-state index contributed by atoms with van der Waals surface area (Å²) in [5, 5.41) is 3.39. The molecule has 10 heteroatoms. The molecule has 3 aromatic carbocycles. The Morgan fingerprint density at radius 2 is 1.55 bits per heavy atom. The summed E-state index contributed by atoms with van der Waals surface area (Å²) < 4.78 is 26.7. The Morgan fingerprint density at radius 3 is 2.12 bits per heavy atom. The first-order valence-electron chi connectivity index (χ1n) is 12.8. The minimum absolute atomic E-state index is 0.0825. The average Bonchev–Trinajstić information content (AvgIpc) is 2.86. The van der Waals surface area contributed by atoms with Crippen molar-refractivity contribution in [2.45, 2.75) is 52.2 Å². The molecule has 0 aromatic heterocycles. The van der Waals surface area contributed by atoms with Crippen LogP contribution in [0.25, 0.3) is 0 Å². The summed E-state index contributed by atoms with van der Waals surface area (Å²) in [5.74, 6) is -0.907. The monoisotopic (exact) mass is 603 g/mol. The van der Waals surface area contributed by atoms with Crippen LogP contribution in [0.1, 0.15) is 37.5 Å². The largest absolute Gasteiger partial charge is 0.350 e. The van der Waals surface area contributed by atoms with E-state index in [1.54, 1.807) is 0 Å². The second kappa shape index (κ2) is 13.1. The van der Waals surface area contributed by atoms with Gasteiger partial charge in [-0.3, -0.25) is 13.9 Å². The summed E-state index contributed by atoms with van der Waals surface area (Å²) in [6, 6.07) is 20.5. The third-order valence-electron chi connectivity index (χ3n) is 6.10. The van der Waals surface area contributed by atoms with Gasteiger partial charge in [0.15, 0.2) is 0 Å². The van der Waals surface area contributed by atoms with Crippen LogP contribution in [0.5, 0.6) is 0 Å². The lowest BCUT2D eigenvalue weighted by Crippen LogP contribution is -2.56. The Balaban J connectivity index is 2.09. The molecule has 214 valence electrons. The summed E-state index contributed by atoms with van der Waals surface area (Å²) in [5.41, 5.74) is 2.23. The minimum Gasteiger partial charge on any atom is -0.350 e. The van der Waals surface area contributed by atoms with E-state index in [4.69, 9.17) is 23.2 Å². The Hall–Kier alpha value is -3.07. The van der Waals surface area contributed by atoms with E-state index in [2.05, 4.69) is 5.32 Å². The number of amides is 2. The molecule has 0 saturated heterocycles. The molecule has 0 heterocycles. The highest BCUT2D eigenvalue weighted by atomic mass is 35.5. The van der Waals surface area contributed by atoms with Crippen molar-refractivity contribution in [2.24, 2.45) is 0 Å². The van der Waals surface area contributed by atoms with Gasteiger partial charge in [0.2, 0.25) is 21.8 Å². The Morgan fingerprint density at radius 1 is 0.925 bits per heavy atom. The van der Waals surface area contributed by atoms with Gasteiger partial charge in [0.25, 0.3) is 0 Å². The number of halogens is 2. The van der Waals surface area contributed by atoms with Crippen molar-refractivity contribution in [3.8, 4) is 0 Å². The maximum Gasteiger partial charge on any atom is 0.244 e. The van der Waals surface area contributed by atoms with Crippen LogP contribution in [0.2, 0.25) is 10.0 Å². The molecule has 3 aromatic rings. The van der Waals surface area contributed by atoms with Gasteiger partial charge in [-0.25, -0.2) is 8.42 Å². The third kappa shape index (κ3) is 8.98. The number of aryl methyl sites for hydroxylation is 1. The van der Waals surface area contributed by atoms with Crippen molar-refractivity contribution in [1.82, 2.24) is 10.2 Å². The van der Waals surface area contributed by atoms with Crippen LogP contribution in [0.4, 0.5) is 5.69 Å². The smallest absolute Gasteiger partial charge is 0.244 e. The molecule has 0 bridgehead atoms. The fourth-order valence-electron chi connectivity index (χ4n) is 4.17. The number of carbonyl (C=O) groups is 2. The van der Waals surface area contributed by atoms with Crippen LogP contribution in [0, 0.1) is 6.92 Å². The van der Waals surface area contributed by atoms with E-state index in [-0.39, 0.29) is 34.6 Å². The van der Waals surface area contributed by atoms with Gasteiger partial charge in [0.05, 0.1) is 17.0 Å². The molecule has 0 aliphatic rings. The highest BCUT2D eigenvalue weighted by molar-refractivity contribution is 7.92. The zero-order valence-electron chi connectivity index (χ0n) is 23.3. The van der Waals surface area contributed by atoms with Crippen molar-refractivity contribution in [3.05, 3.63) is 99.5 Å². The van der Waals surface area contributed by atoms with Crippen molar-refractivity contribution >= 4 is 50.7 Å². The second-order valence-corrected chi connectivity index (χ2v) is 13.6. The number of hydrogen-bond acceptors (Lipinski definition) is 4. The highest BCUT2D eigenvalue weighted by Gasteiger charge is 2.34. The van der Waals surface area contributed by atoms with E-state index in [9.17, 15) is 18.0 Å². The lowest BCUT2D eigenvalue weighted by molar-refractivity contribution is -0.140. The maximum absolute atomic E-state index is 14.1. The van der Waals surface area contributed by atoms with E-state index in [1.165, 1.54) is 23.1 Å². The molecule has 1 atom stereocenters. The SMILES string of the molecule is Cc1ccc(CN(C(=O)CN(c2cc(Cl)ccc2Cl)S(C)(=O)=O)C(Cc2ccccc2)C(=O)NC(C)(C)C)cc1. The molecule has 1 unspecified atom stereocenters. The molecule has 3 rings (SSSR count). The molecular weight excluding hydrogens is 569 g/mol. The van der Waals surface area contributed by atoms with Gasteiger partial charge in [0.1, 0.15) is 12.6 Å². The number of anilines is 1. The van der Waals surface area contributed by atoms with E-state index in [0.717, 1.165) is 27.3 Å². The Kier molecular flexibility index (Phi) is 10.3. The van der Waals surface area contributed by atoms with Gasteiger partial charge in [-0.1, -0.05) is 83.4 Å². The van der Waals surface area contributed by atoms with Crippen molar-refractivity contribution < 1.29 is 18.0 Å². The predicted molar refractivity (Wildman–Crippen MR) is 162 cm³/mol. The number of rotatable bonds is 10. The van der Waals surface area contributed by atoms with E-state index in [1.807, 2.05) is 82.3 Å². The molecule has 0 spiro atoms. The number of sulfonamides is 1. The fraction of sp³-hybridized carbons (Fsp3) is 0.333. The van der Waals surface area contributed by atoms with Gasteiger partial charge >= 0.3 is 0 Å². The van der Waals surface area contributed by atoms with Gasteiger partial charge in [0, 0.05) is 23.5 Å². The lowest BCUT2D eigenvalue weighted by Gasteiger charge is -2.35. The van der Waals surface area contributed by atoms with Crippen molar-refractivity contribution in [1.29, 1.82) is 0 Å². The number of hydrogen-bond donors (Lipinski definition) is 1. The molecular formula is C30H35Cl2N3O4S. The molecule has 0 radical (unpaired) electrons. The first-order chi connectivity index (χ1) is 18.6. The zero-order chi connectivity index (χ0) is 29.7. The van der Waals surface area contributed by atoms with Crippen LogP contribution < -0.4 is 9.62 Å².